The van der Waals surface area contributed by atoms with E-state index in [4.69, 9.17) is 0 Å². The van der Waals surface area contributed by atoms with Gasteiger partial charge in [-0.2, -0.15) is 8.78 Å². The quantitative estimate of drug-likeness (QED) is 0.288. The van der Waals surface area contributed by atoms with E-state index in [1.54, 1.807) is 20.8 Å². The Morgan fingerprint density at radius 3 is 2.00 bits per heavy atom. The number of hydrogen-bond donors (Lipinski definition) is 1. The molecule has 0 aliphatic heterocycles. The minimum atomic E-state index is -3.54. The van der Waals surface area contributed by atoms with E-state index in [9.17, 15) is 22.1 Å². The fraction of sp³-hybridized carbons (Fsp3) is 0.308. The molecule has 8 heteroatoms. The molecule has 0 aromatic heterocycles. The van der Waals surface area contributed by atoms with Crippen molar-refractivity contribution in [1.29, 1.82) is 0 Å². The largest absolute Gasteiger partial charge is 0.598 e. The second-order valence-electron chi connectivity index (χ2n) is 9.14. The minimum absolute atomic E-state index is 0.173. The summed E-state index contributed by atoms with van der Waals surface area (Å²) in [7, 11) is 0. The van der Waals surface area contributed by atoms with Crippen LogP contribution >= 0.6 is 0 Å². The first-order valence-electron chi connectivity index (χ1n) is 10.7. The lowest BCUT2D eigenvalue weighted by atomic mass is 9.78. The van der Waals surface area contributed by atoms with Gasteiger partial charge in [0.1, 0.15) is 27.7 Å². The molecule has 0 saturated heterocycles. The summed E-state index contributed by atoms with van der Waals surface area (Å²) in [5.41, 5.74) is 0.129. The summed E-state index contributed by atoms with van der Waals surface area (Å²) in [6, 6.07) is 18.0. The lowest BCUT2D eigenvalue weighted by Crippen LogP contribution is -2.53. The van der Waals surface area contributed by atoms with E-state index >= 15 is 0 Å². The topological polar surface area (TPSA) is 44.3 Å². The van der Waals surface area contributed by atoms with Gasteiger partial charge in [0.2, 0.25) is 0 Å². The first kappa shape index (κ1) is 26.1. The van der Waals surface area contributed by atoms with Crippen molar-refractivity contribution < 1.29 is 26.9 Å². The maximum absolute atomic E-state index is 14.7. The lowest BCUT2D eigenvalue weighted by Gasteiger charge is -2.39. The molecule has 3 rings (SSSR count). The molecule has 0 radical (unpaired) electrons. The third-order valence-corrected chi connectivity index (χ3v) is 6.78. The third kappa shape index (κ3) is 6.52. The monoisotopic (exact) mass is 493 g/mol. The number of halogens is 4. The van der Waals surface area contributed by atoms with Crippen molar-refractivity contribution in [2.24, 2.45) is 0 Å². The summed E-state index contributed by atoms with van der Waals surface area (Å²) in [6.45, 7) is 5.87. The highest BCUT2D eigenvalue weighted by Gasteiger charge is 2.43. The Morgan fingerprint density at radius 1 is 0.824 bits per heavy atom. The molecule has 3 aromatic rings. The van der Waals surface area contributed by atoms with E-state index in [1.165, 1.54) is 36.4 Å². The Bertz CT molecular complexity index is 1100. The fourth-order valence-corrected chi connectivity index (χ4v) is 4.48. The van der Waals surface area contributed by atoms with Gasteiger partial charge >= 0.3 is 6.11 Å². The van der Waals surface area contributed by atoms with E-state index in [0.717, 1.165) is 11.6 Å². The van der Waals surface area contributed by atoms with Gasteiger partial charge in [0, 0.05) is 30.8 Å². The number of hydrogen-bond acceptors (Lipinski definition) is 3. The van der Waals surface area contributed by atoms with Crippen LogP contribution in [0.25, 0.3) is 0 Å². The summed E-state index contributed by atoms with van der Waals surface area (Å²) in [5.74, 6) is -1.67. The van der Waals surface area contributed by atoms with Gasteiger partial charge in [-0.15, -0.1) is 4.72 Å². The highest BCUT2D eigenvalue weighted by Crippen LogP contribution is 2.38. The SMILES string of the molecule is CC(F)(F)Oc1cc(F)cc([C@](Cc2ccccc2)(N[S+]([O-])C(C)(C)C)c2ccc(F)cc2)c1. The summed E-state index contributed by atoms with van der Waals surface area (Å²) in [6.07, 6.45) is -3.36. The Kier molecular flexibility index (Phi) is 7.65. The zero-order chi connectivity index (χ0) is 25.1. The van der Waals surface area contributed by atoms with E-state index in [0.29, 0.717) is 12.5 Å². The molecule has 0 aliphatic carbocycles. The van der Waals surface area contributed by atoms with Crippen LogP contribution in [0.15, 0.2) is 72.8 Å². The Labute approximate surface area is 200 Å². The van der Waals surface area contributed by atoms with Crippen molar-refractivity contribution in [3.8, 4) is 5.75 Å². The molecule has 3 aromatic carbocycles. The van der Waals surface area contributed by atoms with Crippen molar-refractivity contribution in [2.45, 2.75) is 50.5 Å². The van der Waals surface area contributed by atoms with Crippen molar-refractivity contribution in [2.75, 3.05) is 0 Å². The Morgan fingerprint density at radius 2 is 1.44 bits per heavy atom. The second kappa shape index (κ2) is 9.98. The van der Waals surface area contributed by atoms with Crippen LogP contribution in [0, 0.1) is 11.6 Å². The van der Waals surface area contributed by atoms with Crippen molar-refractivity contribution in [3.63, 3.8) is 0 Å². The van der Waals surface area contributed by atoms with Crippen LogP contribution in [0.1, 0.15) is 44.4 Å². The summed E-state index contributed by atoms with van der Waals surface area (Å²) in [5, 5.41) is 0. The molecule has 0 spiro atoms. The molecule has 1 N–H and O–H groups in total. The van der Waals surface area contributed by atoms with Gasteiger partial charge in [0.15, 0.2) is 0 Å². The predicted octanol–water partition coefficient (Wildman–Crippen LogP) is 6.49. The maximum atomic E-state index is 14.7. The van der Waals surface area contributed by atoms with Crippen LogP contribution in [0.5, 0.6) is 5.75 Å². The van der Waals surface area contributed by atoms with Gasteiger partial charge in [-0.3, -0.25) is 0 Å². The zero-order valence-electron chi connectivity index (χ0n) is 19.4. The Hall–Kier alpha value is -2.55. The molecule has 0 fully saturated rings. The number of alkyl halides is 2. The average Bonchev–Trinajstić information content (AvgIpc) is 2.72. The average molecular weight is 494 g/mol. The van der Waals surface area contributed by atoms with Gasteiger partial charge < -0.3 is 9.29 Å². The predicted molar refractivity (Wildman–Crippen MR) is 126 cm³/mol. The van der Waals surface area contributed by atoms with Gasteiger partial charge in [-0.25, -0.2) is 8.78 Å². The number of nitrogens with one attached hydrogen (secondary N) is 1. The lowest BCUT2D eigenvalue weighted by molar-refractivity contribution is -0.159. The minimum Gasteiger partial charge on any atom is -0.598 e. The van der Waals surface area contributed by atoms with Crippen molar-refractivity contribution in [3.05, 3.63) is 101 Å². The molecule has 0 bridgehead atoms. The molecule has 182 valence electrons. The van der Waals surface area contributed by atoms with Crippen LogP contribution in [-0.2, 0) is 23.3 Å². The van der Waals surface area contributed by atoms with Gasteiger partial charge in [-0.1, -0.05) is 42.5 Å². The number of rotatable bonds is 8. The summed E-state index contributed by atoms with van der Waals surface area (Å²) >= 11 is -1.67. The normalized spacial score (nSPS) is 15.0. The van der Waals surface area contributed by atoms with Gasteiger partial charge in [-0.05, 0) is 61.7 Å². The molecule has 0 heterocycles. The molecular formula is C26H27F4NO2S. The number of ether oxygens (including phenoxy) is 1. The van der Waals surface area contributed by atoms with E-state index < -0.39 is 39.4 Å². The zero-order valence-corrected chi connectivity index (χ0v) is 20.2. The number of benzene rings is 3. The molecule has 1 unspecified atom stereocenters. The molecule has 0 saturated carbocycles. The van der Waals surface area contributed by atoms with Crippen molar-refractivity contribution >= 4 is 11.4 Å². The fourth-order valence-electron chi connectivity index (χ4n) is 3.55. The smallest absolute Gasteiger partial charge is 0.394 e. The molecule has 2 atom stereocenters. The molecule has 3 nitrogen and oxygen atoms in total. The first-order chi connectivity index (χ1) is 15.8. The van der Waals surface area contributed by atoms with Gasteiger partial charge in [0.05, 0.1) is 0 Å². The highest BCUT2D eigenvalue weighted by molar-refractivity contribution is 7.90. The third-order valence-electron chi connectivity index (χ3n) is 5.13. The molecule has 0 amide bonds. The highest BCUT2D eigenvalue weighted by atomic mass is 32.2. The van der Waals surface area contributed by atoms with Crippen LogP contribution in [-0.4, -0.2) is 15.4 Å². The van der Waals surface area contributed by atoms with Gasteiger partial charge in [0.25, 0.3) is 0 Å². The molecule has 0 aliphatic rings. The maximum Gasteiger partial charge on any atom is 0.394 e. The van der Waals surface area contributed by atoms with Crippen molar-refractivity contribution in [1.82, 2.24) is 4.72 Å². The molecular weight excluding hydrogens is 466 g/mol. The Balaban J connectivity index is 2.29. The van der Waals surface area contributed by atoms with Crippen LogP contribution < -0.4 is 9.46 Å². The summed E-state index contributed by atoms with van der Waals surface area (Å²) < 4.78 is 76.2. The van der Waals surface area contributed by atoms with Crippen LogP contribution in [0.4, 0.5) is 17.6 Å². The first-order valence-corrected chi connectivity index (χ1v) is 11.8. The van der Waals surface area contributed by atoms with Crippen LogP contribution in [0.2, 0.25) is 0 Å². The van der Waals surface area contributed by atoms with Crippen LogP contribution in [0.3, 0.4) is 0 Å². The second-order valence-corrected chi connectivity index (χ2v) is 11.1. The van der Waals surface area contributed by atoms with E-state index in [-0.39, 0.29) is 17.7 Å². The van der Waals surface area contributed by atoms with E-state index in [1.807, 2.05) is 30.3 Å². The standard InChI is InChI=1S/C26H27F4NO2S/c1-24(2,3)34(32)31-26(17-18-8-6-5-7-9-18,19-10-12-21(27)13-11-19)20-14-22(28)16-23(15-20)33-25(4,29)30/h5-16,31H,17H2,1-4H3/t26-,34?/m1/s1. The summed E-state index contributed by atoms with van der Waals surface area (Å²) in [4.78, 5) is 0. The molecule has 34 heavy (non-hydrogen) atoms. The van der Waals surface area contributed by atoms with E-state index in [2.05, 4.69) is 9.46 Å².